The van der Waals surface area contributed by atoms with E-state index >= 15 is 0 Å². The molecule has 3 aromatic carbocycles. The predicted molar refractivity (Wildman–Crippen MR) is 128 cm³/mol. The second kappa shape index (κ2) is 9.96. The molecule has 0 aliphatic carbocycles. The number of benzene rings is 3. The second-order valence-corrected chi connectivity index (χ2v) is 8.13. The van der Waals surface area contributed by atoms with E-state index in [-0.39, 0.29) is 11.5 Å². The average molecular weight is 458 g/mol. The van der Waals surface area contributed by atoms with Crippen LogP contribution in [-0.4, -0.2) is 16.2 Å². The number of aromatic nitrogens is 2. The lowest BCUT2D eigenvalue weighted by molar-refractivity contribution is 1.08. The zero-order valence-corrected chi connectivity index (χ0v) is 18.2. The first kappa shape index (κ1) is 21.4. The van der Waals surface area contributed by atoms with Crippen molar-refractivity contribution in [1.82, 2.24) is 9.97 Å². The Kier molecular flexibility index (Phi) is 6.66. The van der Waals surface area contributed by atoms with Crippen molar-refractivity contribution >= 4 is 35.5 Å². The quantitative estimate of drug-likeness (QED) is 0.292. The third-order valence-corrected chi connectivity index (χ3v) is 5.76. The van der Waals surface area contributed by atoms with Gasteiger partial charge in [-0.25, -0.2) is 10.4 Å². The molecule has 1 aromatic heterocycles. The zero-order chi connectivity index (χ0) is 22.3. The van der Waals surface area contributed by atoms with E-state index in [1.54, 1.807) is 30.1 Å². The zero-order valence-electron chi connectivity index (χ0n) is 16.6. The summed E-state index contributed by atoms with van der Waals surface area (Å²) in [6.45, 7) is 0. The molecule has 0 saturated carbocycles. The number of halogens is 1. The number of aromatic amines is 1. The van der Waals surface area contributed by atoms with Crippen molar-refractivity contribution in [1.29, 1.82) is 5.26 Å². The molecule has 0 aliphatic rings. The van der Waals surface area contributed by atoms with Gasteiger partial charge in [-0.15, -0.1) is 0 Å². The van der Waals surface area contributed by atoms with Gasteiger partial charge in [-0.1, -0.05) is 71.9 Å². The highest BCUT2D eigenvalue weighted by atomic mass is 35.5. The molecule has 0 radical (unpaired) electrons. The molecule has 4 rings (SSSR count). The second-order valence-electron chi connectivity index (χ2n) is 6.58. The Labute approximate surface area is 193 Å². The SMILES string of the molecule is N#Cc1c(-c2ccccc2)nc(NN=Cc2ccccc2Sc2ccc(Cl)cc2)[nH]c1=O. The van der Waals surface area contributed by atoms with E-state index in [9.17, 15) is 10.1 Å². The molecule has 0 saturated heterocycles. The van der Waals surface area contributed by atoms with Crippen LogP contribution in [0.25, 0.3) is 11.3 Å². The first-order chi connectivity index (χ1) is 15.6. The molecule has 0 spiro atoms. The molecule has 0 bridgehead atoms. The van der Waals surface area contributed by atoms with E-state index < -0.39 is 5.56 Å². The number of hydrogen-bond donors (Lipinski definition) is 2. The molecule has 0 aliphatic heterocycles. The summed E-state index contributed by atoms with van der Waals surface area (Å²) in [4.78, 5) is 21.3. The fourth-order valence-corrected chi connectivity index (χ4v) is 3.94. The molecule has 6 nitrogen and oxygen atoms in total. The van der Waals surface area contributed by atoms with Gasteiger partial charge in [0.25, 0.3) is 5.56 Å². The van der Waals surface area contributed by atoms with Crippen LogP contribution in [0.15, 0.2) is 98.5 Å². The Morgan fingerprint density at radius 2 is 1.75 bits per heavy atom. The summed E-state index contributed by atoms with van der Waals surface area (Å²) in [7, 11) is 0. The molecule has 0 amide bonds. The number of H-pyrrole nitrogens is 1. The number of nitriles is 1. The van der Waals surface area contributed by atoms with Crippen LogP contribution in [0, 0.1) is 11.3 Å². The predicted octanol–water partition coefficient (Wildman–Crippen LogP) is 5.56. The van der Waals surface area contributed by atoms with E-state index in [2.05, 4.69) is 20.5 Å². The maximum atomic E-state index is 12.4. The van der Waals surface area contributed by atoms with E-state index in [4.69, 9.17) is 11.6 Å². The molecule has 2 N–H and O–H groups in total. The maximum Gasteiger partial charge on any atom is 0.270 e. The van der Waals surface area contributed by atoms with Crippen LogP contribution in [-0.2, 0) is 0 Å². The summed E-state index contributed by atoms with van der Waals surface area (Å²) in [6, 6.07) is 26.4. The van der Waals surface area contributed by atoms with Gasteiger partial charge in [0, 0.05) is 25.9 Å². The van der Waals surface area contributed by atoms with Crippen LogP contribution in [0.4, 0.5) is 5.95 Å². The van der Waals surface area contributed by atoms with Gasteiger partial charge in [-0.2, -0.15) is 10.4 Å². The van der Waals surface area contributed by atoms with Crippen LogP contribution in [0.3, 0.4) is 0 Å². The molecule has 4 aromatic rings. The number of nitrogens with one attached hydrogen (secondary N) is 2. The summed E-state index contributed by atoms with van der Waals surface area (Å²) < 4.78 is 0. The Balaban J connectivity index is 1.58. The highest BCUT2D eigenvalue weighted by Gasteiger charge is 2.12. The molecule has 156 valence electrons. The summed E-state index contributed by atoms with van der Waals surface area (Å²) >= 11 is 7.55. The highest BCUT2D eigenvalue weighted by molar-refractivity contribution is 7.99. The van der Waals surface area contributed by atoms with Gasteiger partial charge in [0.05, 0.1) is 11.9 Å². The minimum absolute atomic E-state index is 0.0459. The van der Waals surface area contributed by atoms with Crippen LogP contribution in [0.5, 0.6) is 0 Å². The fourth-order valence-electron chi connectivity index (χ4n) is 2.91. The molecule has 0 unspecified atom stereocenters. The first-order valence-corrected chi connectivity index (χ1v) is 10.7. The molecular formula is C24H16ClN5OS. The van der Waals surface area contributed by atoms with Crippen molar-refractivity contribution in [3.63, 3.8) is 0 Å². The Bertz CT molecular complexity index is 1360. The normalized spacial score (nSPS) is 10.8. The third-order valence-electron chi connectivity index (χ3n) is 4.41. The number of hydrogen-bond acceptors (Lipinski definition) is 6. The maximum absolute atomic E-state index is 12.4. The van der Waals surface area contributed by atoms with Crippen molar-refractivity contribution in [2.24, 2.45) is 5.10 Å². The summed E-state index contributed by atoms with van der Waals surface area (Å²) in [5.41, 5.74) is 4.05. The first-order valence-electron chi connectivity index (χ1n) is 9.55. The number of hydrazone groups is 1. The van der Waals surface area contributed by atoms with Gasteiger partial charge >= 0.3 is 0 Å². The van der Waals surface area contributed by atoms with Crippen molar-refractivity contribution in [2.75, 3.05) is 5.43 Å². The van der Waals surface area contributed by atoms with Crippen LogP contribution in [0.1, 0.15) is 11.1 Å². The minimum Gasteiger partial charge on any atom is -0.290 e. The lowest BCUT2D eigenvalue weighted by Crippen LogP contribution is -2.16. The van der Waals surface area contributed by atoms with Crippen molar-refractivity contribution in [2.45, 2.75) is 9.79 Å². The van der Waals surface area contributed by atoms with E-state index in [0.717, 1.165) is 15.4 Å². The van der Waals surface area contributed by atoms with Gasteiger partial charge in [0.15, 0.2) is 0 Å². The van der Waals surface area contributed by atoms with Crippen LogP contribution >= 0.6 is 23.4 Å². The number of nitrogens with zero attached hydrogens (tertiary/aromatic N) is 3. The van der Waals surface area contributed by atoms with Gasteiger partial charge in [0.1, 0.15) is 11.6 Å². The number of rotatable bonds is 6. The van der Waals surface area contributed by atoms with Crippen LogP contribution in [0.2, 0.25) is 5.02 Å². The Morgan fingerprint density at radius 1 is 1.03 bits per heavy atom. The van der Waals surface area contributed by atoms with Gasteiger partial charge < -0.3 is 0 Å². The average Bonchev–Trinajstić information content (AvgIpc) is 2.82. The molecule has 0 fully saturated rings. The van der Waals surface area contributed by atoms with Gasteiger partial charge in [-0.05, 0) is 30.3 Å². The van der Waals surface area contributed by atoms with E-state index in [1.807, 2.05) is 72.8 Å². The summed E-state index contributed by atoms with van der Waals surface area (Å²) in [5.74, 6) is 0.145. The van der Waals surface area contributed by atoms with Crippen LogP contribution < -0.4 is 11.0 Å². The largest absolute Gasteiger partial charge is 0.290 e. The topological polar surface area (TPSA) is 93.9 Å². The smallest absolute Gasteiger partial charge is 0.270 e. The summed E-state index contributed by atoms with van der Waals surface area (Å²) in [5, 5.41) is 14.3. The molecular weight excluding hydrogens is 442 g/mol. The van der Waals surface area contributed by atoms with Gasteiger partial charge in [-0.3, -0.25) is 9.78 Å². The van der Waals surface area contributed by atoms with E-state index in [1.165, 1.54) is 0 Å². The highest BCUT2D eigenvalue weighted by Crippen LogP contribution is 2.30. The lowest BCUT2D eigenvalue weighted by atomic mass is 10.1. The van der Waals surface area contributed by atoms with Gasteiger partial charge in [0.2, 0.25) is 5.95 Å². The monoisotopic (exact) mass is 457 g/mol. The molecule has 8 heteroatoms. The minimum atomic E-state index is -0.530. The van der Waals surface area contributed by atoms with Crippen molar-refractivity contribution in [3.05, 3.63) is 105 Å². The molecule has 0 atom stereocenters. The molecule has 1 heterocycles. The standard InChI is InChI=1S/C24H16ClN5OS/c25-18-10-12-19(13-11-18)32-21-9-5-4-8-17(21)15-27-30-24-28-22(16-6-2-1-3-7-16)20(14-26)23(31)29-24/h1-13,15H,(H2,28,29,30,31). The fraction of sp³-hybridized carbons (Fsp3) is 0. The summed E-state index contributed by atoms with van der Waals surface area (Å²) in [6.07, 6.45) is 1.65. The number of anilines is 1. The van der Waals surface area contributed by atoms with Crippen molar-refractivity contribution in [3.8, 4) is 17.3 Å². The third kappa shape index (κ3) is 5.06. The Morgan fingerprint density at radius 3 is 2.50 bits per heavy atom. The Hall–Kier alpha value is -3.86. The lowest BCUT2D eigenvalue weighted by Gasteiger charge is -2.07. The van der Waals surface area contributed by atoms with E-state index in [0.29, 0.717) is 16.3 Å². The molecule has 32 heavy (non-hydrogen) atoms. The van der Waals surface area contributed by atoms with Crippen molar-refractivity contribution < 1.29 is 0 Å².